The quantitative estimate of drug-likeness (QED) is 0.161. The first-order valence-corrected chi connectivity index (χ1v) is 15.6. The average Bonchev–Trinajstić information content (AvgIpc) is 3.61. The lowest BCUT2D eigenvalue weighted by Crippen LogP contribution is -2.43. The van der Waals surface area contributed by atoms with Gasteiger partial charge in [-0.15, -0.1) is 11.3 Å². The Bertz CT molecular complexity index is 1930. The highest BCUT2D eigenvalue weighted by molar-refractivity contribution is 7.23. The Morgan fingerprint density at radius 2 is 2.07 bits per heavy atom. The summed E-state index contributed by atoms with van der Waals surface area (Å²) in [5.41, 5.74) is -3.83. The van der Waals surface area contributed by atoms with Crippen LogP contribution in [0.2, 0.25) is 5.15 Å². The van der Waals surface area contributed by atoms with Crippen LogP contribution >= 0.6 is 22.9 Å². The Kier molecular flexibility index (Phi) is 8.23. The Morgan fingerprint density at radius 1 is 1.30 bits per heavy atom. The van der Waals surface area contributed by atoms with E-state index in [1.165, 1.54) is 0 Å². The Morgan fingerprint density at radius 3 is 2.76 bits per heavy atom. The molecule has 8 nitrogen and oxygen atoms in total. The molecule has 4 aromatic rings. The predicted molar refractivity (Wildman–Crippen MR) is 163 cm³/mol. The number of hydrogen-bond donors (Lipinski definition) is 1. The molecule has 2 saturated heterocycles. The number of aromatic nitrogens is 2. The Hall–Kier alpha value is -3.80. The second-order valence-corrected chi connectivity index (χ2v) is 13.7. The molecule has 2 aromatic carbocycles. The van der Waals surface area contributed by atoms with Gasteiger partial charge in [0.2, 0.25) is 0 Å². The number of halogens is 6. The van der Waals surface area contributed by atoms with E-state index in [4.69, 9.17) is 21.1 Å². The first-order chi connectivity index (χ1) is 21.7. The van der Waals surface area contributed by atoms with E-state index in [1.807, 2.05) is 11.0 Å². The van der Waals surface area contributed by atoms with Crippen LogP contribution in [0.15, 0.2) is 18.2 Å². The van der Waals surface area contributed by atoms with Crippen molar-refractivity contribution >= 4 is 55.0 Å². The molecule has 6 rings (SSSR count). The van der Waals surface area contributed by atoms with Gasteiger partial charge in [0.15, 0.2) is 5.82 Å². The minimum Gasteiger partial charge on any atom is -0.461 e. The minimum absolute atomic E-state index is 0.0191. The van der Waals surface area contributed by atoms with Gasteiger partial charge in [-0.1, -0.05) is 17.7 Å². The molecular formula is C31H27ClF5N5O3S. The zero-order valence-corrected chi connectivity index (χ0v) is 26.4. The van der Waals surface area contributed by atoms with Gasteiger partial charge in [0.05, 0.1) is 15.8 Å². The van der Waals surface area contributed by atoms with Gasteiger partial charge < -0.3 is 9.47 Å². The molecule has 2 aliphatic rings. The van der Waals surface area contributed by atoms with E-state index >= 15 is 8.78 Å². The van der Waals surface area contributed by atoms with Crippen molar-refractivity contribution in [2.24, 2.45) is 0 Å². The molecule has 2 aliphatic heterocycles. The summed E-state index contributed by atoms with van der Waals surface area (Å²) in [5, 5.41) is 11.6. The number of carbonyl (C=O) groups is 1. The summed E-state index contributed by atoms with van der Waals surface area (Å²) in [5.74, 6) is -2.04. The van der Waals surface area contributed by atoms with Crippen molar-refractivity contribution in [1.82, 2.24) is 14.9 Å². The number of carbonyl (C=O) groups excluding carboxylic acids is 1. The number of alkyl halides is 3. The molecule has 2 atom stereocenters. The van der Waals surface area contributed by atoms with Gasteiger partial charge in [0.1, 0.15) is 45.9 Å². The van der Waals surface area contributed by atoms with Crippen LogP contribution in [-0.2, 0) is 4.74 Å². The summed E-state index contributed by atoms with van der Waals surface area (Å²) in [6.07, 6.45) is -3.36. The van der Waals surface area contributed by atoms with Gasteiger partial charge in [-0.05, 0) is 57.9 Å². The van der Waals surface area contributed by atoms with E-state index in [0.717, 1.165) is 24.6 Å². The van der Waals surface area contributed by atoms with Crippen molar-refractivity contribution < 1.29 is 36.2 Å². The molecule has 2 aromatic heterocycles. The van der Waals surface area contributed by atoms with Crippen molar-refractivity contribution in [2.45, 2.75) is 63.8 Å². The fourth-order valence-electron chi connectivity index (χ4n) is 6.32. The van der Waals surface area contributed by atoms with E-state index in [2.05, 4.69) is 15.3 Å². The van der Waals surface area contributed by atoms with Crippen molar-refractivity contribution in [3.63, 3.8) is 0 Å². The zero-order valence-electron chi connectivity index (χ0n) is 24.8. The van der Waals surface area contributed by atoms with Crippen LogP contribution < -0.4 is 10.1 Å². The van der Waals surface area contributed by atoms with E-state index in [-0.39, 0.29) is 62.3 Å². The number of rotatable bonds is 6. The summed E-state index contributed by atoms with van der Waals surface area (Å²) >= 11 is 7.02. The summed E-state index contributed by atoms with van der Waals surface area (Å²) in [7, 11) is 0. The van der Waals surface area contributed by atoms with E-state index in [1.54, 1.807) is 20.8 Å². The number of fused-ring (bicyclic) bond motifs is 3. The topological polar surface area (TPSA) is 100 Å². The van der Waals surface area contributed by atoms with Crippen LogP contribution in [0.4, 0.5) is 31.7 Å². The van der Waals surface area contributed by atoms with E-state index < -0.39 is 58.1 Å². The molecule has 0 radical (unpaired) electrons. The molecule has 4 heterocycles. The van der Waals surface area contributed by atoms with Crippen LogP contribution in [0.5, 0.6) is 6.01 Å². The third kappa shape index (κ3) is 5.69. The third-order valence-electron chi connectivity index (χ3n) is 8.15. The number of hydrogen-bond acceptors (Lipinski definition) is 8. The van der Waals surface area contributed by atoms with Crippen LogP contribution in [0.1, 0.15) is 57.6 Å². The number of benzene rings is 2. The molecule has 0 aliphatic carbocycles. The molecular weight excluding hydrogens is 653 g/mol. The van der Waals surface area contributed by atoms with Gasteiger partial charge in [-0.2, -0.15) is 15.2 Å². The lowest BCUT2D eigenvalue weighted by atomic mass is 9.93. The zero-order chi connectivity index (χ0) is 33.1. The molecule has 0 bridgehead atoms. The van der Waals surface area contributed by atoms with Crippen LogP contribution in [0.3, 0.4) is 0 Å². The molecule has 0 spiro atoms. The first-order valence-electron chi connectivity index (χ1n) is 14.4. The maximum absolute atomic E-state index is 16.5. The molecule has 1 amide bonds. The maximum atomic E-state index is 16.5. The second kappa shape index (κ2) is 11.8. The third-order valence-corrected chi connectivity index (χ3v) is 9.55. The Labute approximate surface area is 269 Å². The fourth-order valence-corrected chi connectivity index (χ4v) is 7.60. The lowest BCUT2D eigenvalue weighted by molar-refractivity contribution is 0.0636. The number of anilines is 1. The smallest absolute Gasteiger partial charge is 0.412 e. The highest BCUT2D eigenvalue weighted by atomic mass is 35.5. The number of amides is 1. The standard InChI is InChI=1S/C31H27ClF5N5O3S/c1-30(2,3)45-29(43)41-27-18(11-38)21-15(5-6-19(34)24(21)46-27)20-16(26(36)37)9-17-23(22(20)35)39-28(40-25(17)32)44-13-31-7-4-8-42(31)12-14(33)10-31/h5-6,9,14,26H,4,7-8,10,12-13H2,1-3H3,(H,41,43)/t14-,31+/m1/s1. The summed E-state index contributed by atoms with van der Waals surface area (Å²) in [6.45, 7) is 5.89. The molecule has 242 valence electrons. The predicted octanol–water partition coefficient (Wildman–Crippen LogP) is 8.55. The molecule has 15 heteroatoms. The second-order valence-electron chi connectivity index (χ2n) is 12.4. The van der Waals surface area contributed by atoms with Gasteiger partial charge in [0, 0.05) is 34.9 Å². The summed E-state index contributed by atoms with van der Waals surface area (Å²) in [6, 6.07) is 4.54. The van der Waals surface area contributed by atoms with E-state index in [0.29, 0.717) is 24.3 Å². The normalized spacial score (nSPS) is 20.0. The van der Waals surface area contributed by atoms with Gasteiger partial charge >= 0.3 is 12.1 Å². The number of nitrogens with zero attached hydrogens (tertiary/aromatic N) is 4. The molecule has 2 fully saturated rings. The largest absolute Gasteiger partial charge is 0.461 e. The highest BCUT2D eigenvalue weighted by Gasteiger charge is 2.49. The van der Waals surface area contributed by atoms with Crippen molar-refractivity contribution in [1.29, 1.82) is 5.26 Å². The SMILES string of the molecule is CC(C)(C)OC(=O)Nc1sc2c(F)ccc(-c3c(C(F)F)cc4c(Cl)nc(OC[C@@]56CCCN5C[C@H](F)C6)nc4c3F)c2c1C#N. The molecule has 46 heavy (non-hydrogen) atoms. The van der Waals surface area contributed by atoms with Crippen molar-refractivity contribution in [3.05, 3.63) is 46.1 Å². The van der Waals surface area contributed by atoms with Gasteiger partial charge in [0.25, 0.3) is 6.43 Å². The highest BCUT2D eigenvalue weighted by Crippen LogP contribution is 2.47. The number of nitriles is 1. The fraction of sp³-hybridized carbons (Fsp3) is 0.419. The van der Waals surface area contributed by atoms with Crippen molar-refractivity contribution in [3.8, 4) is 23.2 Å². The van der Waals surface area contributed by atoms with E-state index in [9.17, 15) is 23.2 Å². The molecule has 0 saturated carbocycles. The summed E-state index contributed by atoms with van der Waals surface area (Å²) in [4.78, 5) is 22.7. The Balaban J connectivity index is 1.48. The number of ether oxygens (including phenoxy) is 2. The molecule has 0 unspecified atom stereocenters. The van der Waals surface area contributed by atoms with Crippen LogP contribution in [-0.4, -0.2) is 58.0 Å². The monoisotopic (exact) mass is 679 g/mol. The average molecular weight is 680 g/mol. The van der Waals surface area contributed by atoms with Crippen LogP contribution in [0, 0.1) is 23.0 Å². The number of thiophene rings is 1. The number of nitrogens with one attached hydrogen (secondary N) is 1. The lowest BCUT2D eigenvalue weighted by Gasteiger charge is -2.30. The van der Waals surface area contributed by atoms with Gasteiger partial charge in [-0.3, -0.25) is 10.2 Å². The van der Waals surface area contributed by atoms with Gasteiger partial charge in [-0.25, -0.2) is 26.7 Å². The maximum Gasteiger partial charge on any atom is 0.412 e. The minimum atomic E-state index is -3.23. The van der Waals surface area contributed by atoms with Crippen LogP contribution in [0.25, 0.3) is 32.1 Å². The summed E-state index contributed by atoms with van der Waals surface area (Å²) < 4.78 is 85.9. The van der Waals surface area contributed by atoms with Crippen molar-refractivity contribution in [2.75, 3.05) is 25.0 Å². The molecule has 1 N–H and O–H groups in total. The first kappa shape index (κ1) is 32.2.